The Kier molecular flexibility index (Phi) is 3.00. The van der Waals surface area contributed by atoms with Crippen molar-refractivity contribution < 1.29 is 4.42 Å². The molecule has 0 aliphatic carbocycles. The first-order valence-electron chi connectivity index (χ1n) is 5.51. The van der Waals surface area contributed by atoms with E-state index in [4.69, 9.17) is 4.42 Å². The minimum Gasteiger partial charge on any atom is -0.467 e. The maximum Gasteiger partial charge on any atom is 0.125 e. The van der Waals surface area contributed by atoms with Gasteiger partial charge in [-0.05, 0) is 49.6 Å². The third-order valence-corrected chi connectivity index (χ3v) is 3.01. The summed E-state index contributed by atoms with van der Waals surface area (Å²) in [6.45, 7) is 7.05. The Morgan fingerprint density at radius 2 is 1.88 bits per heavy atom. The highest BCUT2D eigenvalue weighted by Crippen LogP contribution is 2.19. The van der Waals surface area contributed by atoms with Gasteiger partial charge in [-0.1, -0.05) is 12.1 Å². The van der Waals surface area contributed by atoms with Gasteiger partial charge in [-0.2, -0.15) is 0 Å². The highest BCUT2D eigenvalue weighted by molar-refractivity contribution is 5.53. The van der Waals surface area contributed by atoms with E-state index in [1.54, 1.807) is 6.26 Å². The van der Waals surface area contributed by atoms with Gasteiger partial charge in [0.25, 0.3) is 0 Å². The average Bonchev–Trinajstić information content (AvgIpc) is 2.67. The number of furan rings is 1. The van der Waals surface area contributed by atoms with Crippen LogP contribution in [0.15, 0.2) is 34.9 Å². The van der Waals surface area contributed by atoms with Crippen molar-refractivity contribution in [2.75, 3.05) is 5.32 Å². The van der Waals surface area contributed by atoms with E-state index in [1.807, 2.05) is 6.07 Å². The van der Waals surface area contributed by atoms with Crippen molar-refractivity contribution in [2.24, 2.45) is 0 Å². The first-order valence-corrected chi connectivity index (χ1v) is 5.51. The van der Waals surface area contributed by atoms with Gasteiger partial charge < -0.3 is 9.73 Å². The van der Waals surface area contributed by atoms with E-state index in [-0.39, 0.29) is 0 Å². The summed E-state index contributed by atoms with van der Waals surface area (Å²) in [7, 11) is 0. The second-order valence-electron chi connectivity index (χ2n) is 4.13. The molecule has 0 amide bonds. The summed E-state index contributed by atoms with van der Waals surface area (Å²) in [5, 5.41) is 3.40. The number of aryl methyl sites for hydroxylation is 2. The number of benzene rings is 1. The molecular weight excluding hydrogens is 198 g/mol. The predicted octanol–water partition coefficient (Wildman–Crippen LogP) is 3.82. The van der Waals surface area contributed by atoms with E-state index in [0.717, 1.165) is 12.3 Å². The Balaban J connectivity index is 2.11. The zero-order chi connectivity index (χ0) is 11.5. The van der Waals surface area contributed by atoms with Crippen LogP contribution in [0.3, 0.4) is 0 Å². The number of rotatable bonds is 3. The second-order valence-corrected chi connectivity index (χ2v) is 4.13. The summed E-state index contributed by atoms with van der Waals surface area (Å²) in [5.74, 6) is 1.00. The van der Waals surface area contributed by atoms with Crippen molar-refractivity contribution in [3.8, 4) is 0 Å². The molecule has 1 aromatic carbocycles. The molecule has 2 rings (SSSR count). The molecule has 2 heteroatoms. The monoisotopic (exact) mass is 215 g/mol. The van der Waals surface area contributed by atoms with Crippen LogP contribution in [0.2, 0.25) is 0 Å². The molecule has 0 aliphatic rings. The lowest BCUT2D eigenvalue weighted by Gasteiger charge is -2.10. The third-order valence-electron chi connectivity index (χ3n) is 3.01. The maximum atomic E-state index is 5.39. The molecule has 0 atom stereocenters. The highest BCUT2D eigenvalue weighted by Gasteiger charge is 2.03. The molecule has 1 heterocycles. The van der Waals surface area contributed by atoms with Crippen LogP contribution >= 0.6 is 0 Å². The first-order chi connectivity index (χ1) is 7.68. The maximum absolute atomic E-state index is 5.39. The van der Waals surface area contributed by atoms with Crippen LogP contribution in [0.4, 0.5) is 5.69 Å². The van der Waals surface area contributed by atoms with Crippen LogP contribution in [-0.4, -0.2) is 0 Å². The predicted molar refractivity (Wildman–Crippen MR) is 66.7 cm³/mol. The molecule has 0 fully saturated rings. The lowest BCUT2D eigenvalue weighted by atomic mass is 10.1. The fourth-order valence-electron chi connectivity index (χ4n) is 1.70. The largest absolute Gasteiger partial charge is 0.467 e. The fourth-order valence-corrected chi connectivity index (χ4v) is 1.70. The van der Waals surface area contributed by atoms with Gasteiger partial charge in [0.1, 0.15) is 5.76 Å². The molecule has 2 aromatic rings. The molecule has 0 radical (unpaired) electrons. The molecule has 0 spiro atoms. The van der Waals surface area contributed by atoms with Crippen LogP contribution in [0, 0.1) is 20.8 Å². The van der Waals surface area contributed by atoms with E-state index >= 15 is 0 Å². The van der Waals surface area contributed by atoms with Crippen LogP contribution in [0.5, 0.6) is 0 Å². The summed E-state index contributed by atoms with van der Waals surface area (Å²) in [5.41, 5.74) is 4.97. The number of hydrogen-bond donors (Lipinski definition) is 1. The normalized spacial score (nSPS) is 10.4. The average molecular weight is 215 g/mol. The first kappa shape index (κ1) is 10.8. The molecule has 1 aromatic heterocycles. The molecule has 16 heavy (non-hydrogen) atoms. The minimum atomic E-state index is 0.739. The van der Waals surface area contributed by atoms with Crippen molar-refractivity contribution in [3.63, 3.8) is 0 Å². The smallest absolute Gasteiger partial charge is 0.125 e. The van der Waals surface area contributed by atoms with Crippen LogP contribution in [0.1, 0.15) is 22.5 Å². The van der Waals surface area contributed by atoms with Crippen molar-refractivity contribution in [1.29, 1.82) is 0 Å². The summed E-state index contributed by atoms with van der Waals surface area (Å²) >= 11 is 0. The Bertz CT molecular complexity index is 485. The summed E-state index contributed by atoms with van der Waals surface area (Å²) in [4.78, 5) is 0. The molecule has 2 nitrogen and oxygen atoms in total. The number of nitrogens with one attached hydrogen (secondary N) is 1. The molecule has 0 bridgehead atoms. The SMILES string of the molecule is Cc1ccoc1CNc1cccc(C)c1C. The zero-order valence-electron chi connectivity index (χ0n) is 10.0. The molecule has 84 valence electrons. The van der Waals surface area contributed by atoms with Gasteiger partial charge in [0.15, 0.2) is 0 Å². The summed E-state index contributed by atoms with van der Waals surface area (Å²) in [6, 6.07) is 8.28. The molecule has 0 saturated heterocycles. The van der Waals surface area contributed by atoms with Crippen molar-refractivity contribution in [3.05, 3.63) is 53.0 Å². The molecule has 1 N–H and O–H groups in total. The highest BCUT2D eigenvalue weighted by atomic mass is 16.3. The van der Waals surface area contributed by atoms with Crippen LogP contribution < -0.4 is 5.32 Å². The Morgan fingerprint density at radius 1 is 1.06 bits per heavy atom. The van der Waals surface area contributed by atoms with Gasteiger partial charge in [0.05, 0.1) is 12.8 Å². The molecule has 0 aliphatic heterocycles. The van der Waals surface area contributed by atoms with Gasteiger partial charge in [0.2, 0.25) is 0 Å². The molecular formula is C14H17NO. The Hall–Kier alpha value is -1.70. The van der Waals surface area contributed by atoms with E-state index in [0.29, 0.717) is 0 Å². The second kappa shape index (κ2) is 4.44. The van der Waals surface area contributed by atoms with Crippen molar-refractivity contribution >= 4 is 5.69 Å². The van der Waals surface area contributed by atoms with Crippen molar-refractivity contribution in [1.82, 2.24) is 0 Å². The quantitative estimate of drug-likeness (QED) is 0.842. The van der Waals surface area contributed by atoms with E-state index in [9.17, 15) is 0 Å². The van der Waals surface area contributed by atoms with Crippen LogP contribution in [0.25, 0.3) is 0 Å². The van der Waals surface area contributed by atoms with Gasteiger partial charge in [-0.15, -0.1) is 0 Å². The third kappa shape index (κ3) is 2.11. The van der Waals surface area contributed by atoms with Gasteiger partial charge in [-0.25, -0.2) is 0 Å². The van der Waals surface area contributed by atoms with Gasteiger partial charge in [-0.3, -0.25) is 0 Å². The number of anilines is 1. The van der Waals surface area contributed by atoms with E-state index in [1.165, 1.54) is 22.4 Å². The fraction of sp³-hybridized carbons (Fsp3) is 0.286. The number of hydrogen-bond acceptors (Lipinski definition) is 2. The Labute approximate surface area is 96.3 Å². The van der Waals surface area contributed by atoms with E-state index < -0.39 is 0 Å². The van der Waals surface area contributed by atoms with Gasteiger partial charge in [0, 0.05) is 5.69 Å². The lowest BCUT2D eigenvalue weighted by molar-refractivity contribution is 0.515. The zero-order valence-corrected chi connectivity index (χ0v) is 10.0. The summed E-state index contributed by atoms with van der Waals surface area (Å²) < 4.78 is 5.39. The molecule has 0 saturated carbocycles. The topological polar surface area (TPSA) is 25.2 Å². The van der Waals surface area contributed by atoms with Crippen molar-refractivity contribution in [2.45, 2.75) is 27.3 Å². The minimum absolute atomic E-state index is 0.739. The lowest BCUT2D eigenvalue weighted by Crippen LogP contribution is -2.01. The van der Waals surface area contributed by atoms with E-state index in [2.05, 4.69) is 44.3 Å². The molecule has 0 unspecified atom stereocenters. The summed E-state index contributed by atoms with van der Waals surface area (Å²) in [6.07, 6.45) is 1.73. The Morgan fingerprint density at radius 3 is 2.56 bits per heavy atom. The van der Waals surface area contributed by atoms with Crippen LogP contribution in [-0.2, 0) is 6.54 Å². The van der Waals surface area contributed by atoms with Gasteiger partial charge >= 0.3 is 0 Å². The standard InChI is InChI=1S/C14H17NO/c1-10-5-4-6-13(12(10)3)15-9-14-11(2)7-8-16-14/h4-8,15H,9H2,1-3H3.